The highest BCUT2D eigenvalue weighted by molar-refractivity contribution is 7.89. The van der Waals surface area contributed by atoms with Gasteiger partial charge in [-0.15, -0.1) is 0 Å². The van der Waals surface area contributed by atoms with Crippen LogP contribution in [-0.4, -0.2) is 25.1 Å². The number of ketones is 1. The van der Waals surface area contributed by atoms with Crippen molar-refractivity contribution in [3.63, 3.8) is 0 Å². The van der Waals surface area contributed by atoms with E-state index in [-0.39, 0.29) is 10.7 Å². The maximum atomic E-state index is 12.9. The minimum atomic E-state index is -3.67. The third-order valence-corrected chi connectivity index (χ3v) is 5.60. The highest BCUT2D eigenvalue weighted by Crippen LogP contribution is 2.18. The van der Waals surface area contributed by atoms with Crippen molar-refractivity contribution in [2.24, 2.45) is 0 Å². The molecule has 5 heteroatoms. The molecule has 2 aromatic rings. The van der Waals surface area contributed by atoms with Crippen LogP contribution in [0.1, 0.15) is 35.7 Å². The van der Waals surface area contributed by atoms with Gasteiger partial charge in [-0.1, -0.05) is 61.4 Å². The molecule has 0 saturated carbocycles. The number of carbonyl (C=O) groups is 1. The number of rotatable bonds is 8. The molecular weight excluding hydrogens is 334 g/mol. The van der Waals surface area contributed by atoms with Crippen LogP contribution in [0.25, 0.3) is 0 Å². The number of hydrogen-bond acceptors (Lipinski definition) is 3. The number of nitrogens with zero attached hydrogens (tertiary/aromatic N) is 1. The van der Waals surface area contributed by atoms with E-state index in [1.807, 2.05) is 19.9 Å². The fraction of sp³-hybridized carbons (Fsp3) is 0.250. The van der Waals surface area contributed by atoms with E-state index in [4.69, 9.17) is 0 Å². The van der Waals surface area contributed by atoms with E-state index >= 15 is 0 Å². The fourth-order valence-electron chi connectivity index (χ4n) is 2.28. The van der Waals surface area contributed by atoms with Gasteiger partial charge in [-0.25, -0.2) is 8.42 Å². The van der Waals surface area contributed by atoms with Crippen LogP contribution in [-0.2, 0) is 10.0 Å². The molecule has 0 saturated heterocycles. The Bertz CT molecular complexity index is 825. The van der Waals surface area contributed by atoms with E-state index < -0.39 is 10.0 Å². The molecule has 0 bridgehead atoms. The summed E-state index contributed by atoms with van der Waals surface area (Å²) in [4.78, 5) is 12.5. The van der Waals surface area contributed by atoms with Gasteiger partial charge < -0.3 is 0 Å². The summed E-state index contributed by atoms with van der Waals surface area (Å²) < 4.78 is 27.0. The van der Waals surface area contributed by atoms with E-state index in [9.17, 15) is 13.2 Å². The molecule has 25 heavy (non-hydrogen) atoms. The highest BCUT2D eigenvalue weighted by atomic mass is 32.2. The first-order chi connectivity index (χ1) is 11.9. The number of carbonyl (C=O) groups excluding carboxylic acids is 1. The van der Waals surface area contributed by atoms with Gasteiger partial charge >= 0.3 is 0 Å². The molecule has 0 aliphatic carbocycles. The van der Waals surface area contributed by atoms with Crippen LogP contribution in [0.15, 0.2) is 71.8 Å². The van der Waals surface area contributed by atoms with E-state index in [2.05, 4.69) is 0 Å². The van der Waals surface area contributed by atoms with Crippen LogP contribution in [0.3, 0.4) is 0 Å². The average Bonchev–Trinajstić information content (AvgIpc) is 2.62. The number of aryl methyl sites for hydroxylation is 1. The van der Waals surface area contributed by atoms with Crippen LogP contribution < -0.4 is 0 Å². The largest absolute Gasteiger partial charge is 0.289 e. The molecule has 4 nitrogen and oxygen atoms in total. The van der Waals surface area contributed by atoms with Gasteiger partial charge in [0.2, 0.25) is 0 Å². The van der Waals surface area contributed by atoms with E-state index in [0.717, 1.165) is 18.4 Å². The lowest BCUT2D eigenvalue weighted by Crippen LogP contribution is -2.27. The lowest BCUT2D eigenvalue weighted by molar-refractivity contribution is 0.104. The second-order valence-electron chi connectivity index (χ2n) is 5.83. The Kier molecular flexibility index (Phi) is 6.53. The van der Waals surface area contributed by atoms with E-state index in [0.29, 0.717) is 12.1 Å². The smallest absolute Gasteiger partial charge is 0.263 e. The van der Waals surface area contributed by atoms with Crippen LogP contribution in [0.5, 0.6) is 0 Å². The van der Waals surface area contributed by atoms with Gasteiger partial charge in [0.25, 0.3) is 10.0 Å². The molecule has 0 N–H and O–H groups in total. The predicted molar refractivity (Wildman–Crippen MR) is 99.9 cm³/mol. The quantitative estimate of drug-likeness (QED) is 0.526. The van der Waals surface area contributed by atoms with Crippen molar-refractivity contribution in [1.29, 1.82) is 0 Å². The molecule has 0 fully saturated rings. The molecule has 0 aromatic heterocycles. The Morgan fingerprint density at radius 1 is 1.04 bits per heavy atom. The third-order valence-electron chi connectivity index (χ3n) is 3.81. The maximum absolute atomic E-state index is 12.9. The van der Waals surface area contributed by atoms with Crippen molar-refractivity contribution >= 4 is 15.8 Å². The zero-order chi connectivity index (χ0) is 18.3. The topological polar surface area (TPSA) is 54.5 Å². The second kappa shape index (κ2) is 8.62. The monoisotopic (exact) mass is 357 g/mol. The molecule has 2 rings (SSSR count). The Morgan fingerprint density at radius 2 is 1.68 bits per heavy atom. The zero-order valence-electron chi connectivity index (χ0n) is 14.6. The van der Waals surface area contributed by atoms with Gasteiger partial charge in [-0.2, -0.15) is 0 Å². The van der Waals surface area contributed by atoms with Crippen molar-refractivity contribution < 1.29 is 13.2 Å². The lowest BCUT2D eigenvalue weighted by Gasteiger charge is -2.20. The molecule has 0 atom stereocenters. The molecule has 0 unspecified atom stereocenters. The van der Waals surface area contributed by atoms with Gasteiger partial charge in [0, 0.05) is 24.4 Å². The maximum Gasteiger partial charge on any atom is 0.263 e. The highest BCUT2D eigenvalue weighted by Gasteiger charge is 2.21. The standard InChI is InChI=1S/C20H23NO3S/c1-3-4-15-21(16-14-20(22)18-8-6-5-7-9-18)25(23,24)19-12-10-17(2)11-13-19/h5-14,16H,3-4,15H2,1-2H3/b16-14+. The summed E-state index contributed by atoms with van der Waals surface area (Å²) in [6.45, 7) is 4.24. The summed E-state index contributed by atoms with van der Waals surface area (Å²) in [6.07, 6.45) is 4.27. The predicted octanol–water partition coefficient (Wildman–Crippen LogP) is 4.18. The molecule has 0 aliphatic heterocycles. The Hall–Kier alpha value is -2.40. The van der Waals surface area contributed by atoms with Gasteiger partial charge in [0.05, 0.1) is 4.90 Å². The Balaban J connectivity index is 2.27. The van der Waals surface area contributed by atoms with Crippen molar-refractivity contribution in [3.05, 3.63) is 78.0 Å². The summed E-state index contributed by atoms with van der Waals surface area (Å²) in [6, 6.07) is 15.5. The van der Waals surface area contributed by atoms with Crippen LogP contribution in [0.2, 0.25) is 0 Å². The minimum Gasteiger partial charge on any atom is -0.289 e. The minimum absolute atomic E-state index is 0.221. The summed E-state index contributed by atoms with van der Waals surface area (Å²) in [5.74, 6) is -0.221. The van der Waals surface area contributed by atoms with Crippen molar-refractivity contribution in [1.82, 2.24) is 4.31 Å². The first kappa shape index (κ1) is 18.9. The summed E-state index contributed by atoms with van der Waals surface area (Å²) >= 11 is 0. The average molecular weight is 357 g/mol. The van der Waals surface area contributed by atoms with Crippen molar-refractivity contribution in [3.8, 4) is 0 Å². The van der Waals surface area contributed by atoms with Crippen molar-refractivity contribution in [2.45, 2.75) is 31.6 Å². The molecule has 0 spiro atoms. The first-order valence-electron chi connectivity index (χ1n) is 8.31. The van der Waals surface area contributed by atoms with Gasteiger partial charge in [0.1, 0.15) is 0 Å². The van der Waals surface area contributed by atoms with Crippen LogP contribution in [0, 0.1) is 6.92 Å². The fourth-order valence-corrected chi connectivity index (χ4v) is 3.63. The number of unbranched alkanes of at least 4 members (excludes halogenated alkanes) is 1. The molecule has 0 heterocycles. The summed E-state index contributed by atoms with van der Waals surface area (Å²) in [5, 5.41) is 0. The van der Waals surface area contributed by atoms with Gasteiger partial charge in [-0.05, 0) is 25.5 Å². The Labute approximate surface area is 149 Å². The zero-order valence-corrected chi connectivity index (χ0v) is 15.4. The second-order valence-corrected chi connectivity index (χ2v) is 7.72. The lowest BCUT2D eigenvalue weighted by atomic mass is 10.1. The van der Waals surface area contributed by atoms with Crippen LogP contribution >= 0.6 is 0 Å². The molecule has 0 amide bonds. The molecule has 0 radical (unpaired) electrons. The third kappa shape index (κ3) is 5.03. The van der Waals surface area contributed by atoms with E-state index in [1.165, 1.54) is 16.6 Å². The van der Waals surface area contributed by atoms with Crippen LogP contribution in [0.4, 0.5) is 0 Å². The summed E-state index contributed by atoms with van der Waals surface area (Å²) in [7, 11) is -3.67. The molecule has 0 aliphatic rings. The molecule has 132 valence electrons. The normalized spacial score (nSPS) is 11.6. The number of allylic oxidation sites excluding steroid dienone is 1. The number of benzene rings is 2. The van der Waals surface area contributed by atoms with E-state index in [1.54, 1.807) is 48.5 Å². The molecular formula is C20H23NO3S. The van der Waals surface area contributed by atoms with Gasteiger partial charge in [0.15, 0.2) is 5.78 Å². The first-order valence-corrected chi connectivity index (χ1v) is 9.75. The SMILES string of the molecule is CCCCN(/C=C/C(=O)c1ccccc1)S(=O)(=O)c1ccc(C)cc1. The molecule has 2 aromatic carbocycles. The summed E-state index contributed by atoms with van der Waals surface area (Å²) in [5.41, 5.74) is 1.52. The van der Waals surface area contributed by atoms with Crippen molar-refractivity contribution in [2.75, 3.05) is 6.54 Å². The number of sulfonamides is 1. The van der Waals surface area contributed by atoms with Gasteiger partial charge in [-0.3, -0.25) is 9.10 Å². The Morgan fingerprint density at radius 3 is 2.28 bits per heavy atom. The number of hydrogen-bond donors (Lipinski definition) is 0.